The van der Waals surface area contributed by atoms with Crippen LogP contribution in [-0.2, 0) is 6.54 Å². The highest BCUT2D eigenvalue weighted by Gasteiger charge is 2.10. The maximum atomic E-state index is 6.02. The summed E-state index contributed by atoms with van der Waals surface area (Å²) in [5.74, 6) is 2.71. The molecule has 0 unspecified atom stereocenters. The van der Waals surface area contributed by atoms with Crippen molar-refractivity contribution in [1.29, 1.82) is 0 Å². The van der Waals surface area contributed by atoms with E-state index in [0.29, 0.717) is 40.7 Å². The lowest BCUT2D eigenvalue weighted by atomic mass is 10.2. The van der Waals surface area contributed by atoms with E-state index in [4.69, 9.17) is 25.6 Å². The number of aliphatic imine (C=N–C) groups is 1. The lowest BCUT2D eigenvalue weighted by Crippen LogP contribution is -2.30. The van der Waals surface area contributed by atoms with Crippen LogP contribution in [0.5, 0.6) is 11.5 Å². The first kappa shape index (κ1) is 23.7. The Balaban J connectivity index is 0.00000320. The van der Waals surface area contributed by atoms with Crippen molar-refractivity contribution in [2.45, 2.75) is 13.5 Å². The fourth-order valence-corrected chi connectivity index (χ4v) is 2.76. The molecule has 0 radical (unpaired) electrons. The molecule has 1 aromatic heterocycles. The highest BCUT2D eigenvalue weighted by atomic mass is 127. The van der Waals surface area contributed by atoms with E-state index in [-0.39, 0.29) is 30.5 Å². The second-order valence-electron chi connectivity index (χ2n) is 5.91. The average molecular weight is 544 g/mol. The van der Waals surface area contributed by atoms with Crippen LogP contribution >= 0.6 is 35.6 Å². The van der Waals surface area contributed by atoms with Crippen LogP contribution in [0.3, 0.4) is 0 Å². The molecule has 0 aliphatic rings. The molecule has 0 saturated carbocycles. The first-order valence-electron chi connectivity index (χ1n) is 8.98. The molecule has 2 aromatic carbocycles. The van der Waals surface area contributed by atoms with Gasteiger partial charge in [0.1, 0.15) is 6.54 Å². The van der Waals surface area contributed by atoms with E-state index in [0.717, 1.165) is 11.3 Å². The summed E-state index contributed by atoms with van der Waals surface area (Å²) in [7, 11) is 3.19. The summed E-state index contributed by atoms with van der Waals surface area (Å²) in [6.45, 7) is 2.89. The first-order valence-corrected chi connectivity index (χ1v) is 9.36. The minimum Gasteiger partial charge on any atom is -0.493 e. The zero-order valence-corrected chi connectivity index (χ0v) is 19.9. The standard InChI is InChI=1S/C20H22ClN5O3.HI/c1-4-22-20(24-15-8-9-16(27-2)17(11-15)28-3)23-12-18-25-19(26-29-18)13-6-5-7-14(21)10-13;/h5-11H,4,12H2,1-3H3,(H2,22,23,24);1H. The molecule has 0 aliphatic heterocycles. The Kier molecular flexibility index (Phi) is 9.18. The number of rotatable bonds is 7. The van der Waals surface area contributed by atoms with Gasteiger partial charge in [0.2, 0.25) is 11.7 Å². The molecule has 160 valence electrons. The number of guanidine groups is 1. The van der Waals surface area contributed by atoms with Crippen molar-refractivity contribution in [3.63, 3.8) is 0 Å². The van der Waals surface area contributed by atoms with Gasteiger partial charge in [0.05, 0.1) is 14.2 Å². The fraction of sp³-hybridized carbons (Fsp3) is 0.250. The molecule has 8 nitrogen and oxygen atoms in total. The Morgan fingerprint density at radius 3 is 2.63 bits per heavy atom. The lowest BCUT2D eigenvalue weighted by molar-refractivity contribution is 0.355. The van der Waals surface area contributed by atoms with Crippen LogP contribution in [0.15, 0.2) is 52.0 Å². The number of nitrogens with one attached hydrogen (secondary N) is 2. The molecule has 3 aromatic rings. The fourth-order valence-electron chi connectivity index (χ4n) is 2.57. The molecule has 0 bridgehead atoms. The number of benzene rings is 2. The van der Waals surface area contributed by atoms with Gasteiger partial charge in [-0.1, -0.05) is 28.9 Å². The number of halogens is 2. The number of hydrogen-bond donors (Lipinski definition) is 2. The number of anilines is 1. The minimum atomic E-state index is 0. The Morgan fingerprint density at radius 1 is 1.13 bits per heavy atom. The van der Waals surface area contributed by atoms with Gasteiger partial charge in [0.25, 0.3) is 0 Å². The van der Waals surface area contributed by atoms with Gasteiger partial charge in [0, 0.05) is 28.9 Å². The third-order valence-corrected chi connectivity index (χ3v) is 4.15. The molecule has 30 heavy (non-hydrogen) atoms. The Morgan fingerprint density at radius 2 is 1.93 bits per heavy atom. The van der Waals surface area contributed by atoms with Crippen molar-refractivity contribution in [2.24, 2.45) is 4.99 Å². The first-order chi connectivity index (χ1) is 14.1. The van der Waals surface area contributed by atoms with Crippen molar-refractivity contribution >= 4 is 47.2 Å². The highest BCUT2D eigenvalue weighted by Crippen LogP contribution is 2.29. The third-order valence-electron chi connectivity index (χ3n) is 3.91. The molecule has 0 aliphatic carbocycles. The number of methoxy groups -OCH3 is 2. The van der Waals surface area contributed by atoms with E-state index in [1.165, 1.54) is 0 Å². The van der Waals surface area contributed by atoms with Gasteiger partial charge in [-0.25, -0.2) is 4.99 Å². The Labute approximate surface area is 197 Å². The number of nitrogens with zero attached hydrogens (tertiary/aromatic N) is 3. The summed E-state index contributed by atoms with van der Waals surface area (Å²) >= 11 is 6.02. The molecule has 0 spiro atoms. The highest BCUT2D eigenvalue weighted by molar-refractivity contribution is 14.0. The zero-order chi connectivity index (χ0) is 20.6. The van der Waals surface area contributed by atoms with Crippen LogP contribution in [0.25, 0.3) is 11.4 Å². The monoisotopic (exact) mass is 543 g/mol. The van der Waals surface area contributed by atoms with Crippen molar-refractivity contribution in [1.82, 2.24) is 15.5 Å². The maximum absolute atomic E-state index is 6.02. The summed E-state index contributed by atoms with van der Waals surface area (Å²) in [6, 6.07) is 12.8. The second kappa shape index (κ2) is 11.6. The van der Waals surface area contributed by atoms with Crippen molar-refractivity contribution in [2.75, 3.05) is 26.1 Å². The van der Waals surface area contributed by atoms with Gasteiger partial charge in [0.15, 0.2) is 17.5 Å². The van der Waals surface area contributed by atoms with E-state index in [9.17, 15) is 0 Å². The third kappa shape index (κ3) is 6.23. The second-order valence-corrected chi connectivity index (χ2v) is 6.35. The summed E-state index contributed by atoms with van der Waals surface area (Å²) < 4.78 is 15.9. The number of aromatic nitrogens is 2. The van der Waals surface area contributed by atoms with Gasteiger partial charge >= 0.3 is 0 Å². The minimum absolute atomic E-state index is 0. The van der Waals surface area contributed by atoms with Crippen molar-refractivity contribution in [3.8, 4) is 22.9 Å². The molecule has 3 rings (SSSR count). The molecule has 10 heteroatoms. The summed E-state index contributed by atoms with van der Waals surface area (Å²) in [5.41, 5.74) is 1.58. The SMILES string of the molecule is CCNC(=NCc1nc(-c2cccc(Cl)c2)no1)Nc1ccc(OC)c(OC)c1.I. The van der Waals surface area contributed by atoms with Crippen molar-refractivity contribution in [3.05, 3.63) is 53.4 Å². The Hall–Kier alpha value is -2.53. The van der Waals surface area contributed by atoms with Crippen molar-refractivity contribution < 1.29 is 14.0 Å². The van der Waals surface area contributed by atoms with Gasteiger partial charge < -0.3 is 24.6 Å². The molecule has 2 N–H and O–H groups in total. The Bertz CT molecular complexity index is 996. The smallest absolute Gasteiger partial charge is 0.248 e. The van der Waals surface area contributed by atoms with E-state index in [1.54, 1.807) is 26.4 Å². The van der Waals surface area contributed by atoms with Crippen LogP contribution in [-0.4, -0.2) is 36.9 Å². The van der Waals surface area contributed by atoms with Crippen LogP contribution < -0.4 is 20.1 Å². The molecular weight excluding hydrogens is 521 g/mol. The average Bonchev–Trinajstić information content (AvgIpc) is 3.21. The summed E-state index contributed by atoms with van der Waals surface area (Å²) in [4.78, 5) is 8.88. The largest absolute Gasteiger partial charge is 0.493 e. The van der Waals surface area contributed by atoms with Crippen LogP contribution in [0.2, 0.25) is 5.02 Å². The zero-order valence-electron chi connectivity index (χ0n) is 16.8. The van der Waals surface area contributed by atoms with E-state index in [2.05, 4.69) is 25.8 Å². The molecular formula is C20H23ClIN5O3. The van der Waals surface area contributed by atoms with E-state index < -0.39 is 0 Å². The van der Waals surface area contributed by atoms with Crippen LogP contribution in [0, 0.1) is 0 Å². The summed E-state index contributed by atoms with van der Waals surface area (Å²) in [5, 5.41) is 11.0. The van der Waals surface area contributed by atoms with E-state index >= 15 is 0 Å². The van der Waals surface area contributed by atoms with Gasteiger partial charge in [-0.15, -0.1) is 24.0 Å². The molecule has 1 heterocycles. The van der Waals surface area contributed by atoms with Gasteiger partial charge in [-0.3, -0.25) is 0 Å². The van der Waals surface area contributed by atoms with Gasteiger partial charge in [-0.05, 0) is 31.2 Å². The van der Waals surface area contributed by atoms with Gasteiger partial charge in [-0.2, -0.15) is 4.98 Å². The molecule has 0 fully saturated rings. The predicted molar refractivity (Wildman–Crippen MR) is 128 cm³/mol. The maximum Gasteiger partial charge on any atom is 0.248 e. The molecule has 0 amide bonds. The number of ether oxygens (including phenoxy) is 2. The van der Waals surface area contributed by atoms with E-state index in [1.807, 2.05) is 37.3 Å². The molecule has 0 atom stereocenters. The topological polar surface area (TPSA) is 93.8 Å². The normalized spacial score (nSPS) is 10.9. The lowest BCUT2D eigenvalue weighted by Gasteiger charge is -2.13. The van der Waals surface area contributed by atoms with Crippen LogP contribution in [0.1, 0.15) is 12.8 Å². The van der Waals surface area contributed by atoms with Crippen LogP contribution in [0.4, 0.5) is 5.69 Å². The summed E-state index contributed by atoms with van der Waals surface area (Å²) in [6.07, 6.45) is 0. The quantitative estimate of drug-likeness (QED) is 0.255. The number of hydrogen-bond acceptors (Lipinski definition) is 6. The predicted octanol–water partition coefficient (Wildman–Crippen LogP) is 4.60. The molecule has 0 saturated heterocycles.